The Kier molecular flexibility index (Phi) is 6.01. The van der Waals surface area contributed by atoms with Crippen molar-refractivity contribution in [3.63, 3.8) is 0 Å². The number of carbonyl (C=O) groups excluding carboxylic acids is 1. The number of aliphatic imine (C=N–C) groups is 1. The van der Waals surface area contributed by atoms with Gasteiger partial charge in [0.25, 0.3) is 5.91 Å². The lowest BCUT2D eigenvalue weighted by Crippen LogP contribution is -2.41. The number of hydrogen-bond donors (Lipinski definition) is 1. The van der Waals surface area contributed by atoms with E-state index in [0.717, 1.165) is 0 Å². The van der Waals surface area contributed by atoms with Gasteiger partial charge in [-0.25, -0.2) is 9.38 Å². The van der Waals surface area contributed by atoms with Gasteiger partial charge in [0, 0.05) is 12.6 Å². The topological polar surface area (TPSA) is 67.9 Å². The van der Waals surface area contributed by atoms with Gasteiger partial charge in [-0.15, -0.1) is 0 Å². The summed E-state index contributed by atoms with van der Waals surface area (Å²) in [6.45, 7) is -1.97. The Morgan fingerprint density at radius 2 is 1.97 bits per heavy atom. The minimum atomic E-state index is -2.96. The van der Waals surface area contributed by atoms with Crippen LogP contribution in [0.4, 0.5) is 13.2 Å². The minimum Gasteiger partial charge on any atom is -0.435 e. The van der Waals surface area contributed by atoms with Crippen molar-refractivity contribution in [2.24, 2.45) is 10.7 Å². The number of guanidine groups is 1. The van der Waals surface area contributed by atoms with E-state index in [4.69, 9.17) is 5.73 Å². The molecule has 1 amide bonds. The summed E-state index contributed by atoms with van der Waals surface area (Å²) in [5, 5.41) is 0. The standard InChI is InChI=1S/C22H20F3N3O2/c1-3-15-13-17(9-10-18(15)30-20(24)25)22(19(29)28(2)21(26)27-22)16-8-4-6-14(12-16)7-5-11-23/h4,6,8-10,12-13,20H,3,11H2,1-2H3,(H2,26,27). The summed E-state index contributed by atoms with van der Waals surface area (Å²) in [6.07, 6.45) is 0.400. The number of hydrogen-bond acceptors (Lipinski definition) is 4. The number of carbonyl (C=O) groups is 1. The van der Waals surface area contributed by atoms with Gasteiger partial charge >= 0.3 is 6.61 Å². The van der Waals surface area contributed by atoms with Crippen molar-refractivity contribution in [3.05, 3.63) is 64.7 Å². The number of nitrogens with zero attached hydrogens (tertiary/aromatic N) is 2. The smallest absolute Gasteiger partial charge is 0.387 e. The van der Waals surface area contributed by atoms with Crippen LogP contribution in [-0.2, 0) is 16.8 Å². The normalized spacial score (nSPS) is 18.3. The van der Waals surface area contributed by atoms with Gasteiger partial charge in [-0.05, 0) is 47.4 Å². The molecule has 8 heteroatoms. The van der Waals surface area contributed by atoms with Crippen molar-refractivity contribution >= 4 is 11.9 Å². The first-order valence-electron chi connectivity index (χ1n) is 9.20. The number of nitrogens with two attached hydrogens (primary N) is 1. The van der Waals surface area contributed by atoms with Crippen molar-refractivity contribution in [3.8, 4) is 17.6 Å². The van der Waals surface area contributed by atoms with Gasteiger partial charge in [0.1, 0.15) is 5.75 Å². The molecule has 1 heterocycles. The molecule has 1 aliphatic rings. The third-order valence-electron chi connectivity index (χ3n) is 4.90. The van der Waals surface area contributed by atoms with Crippen LogP contribution >= 0.6 is 0 Å². The second kappa shape index (κ2) is 8.49. The molecule has 5 nitrogen and oxygen atoms in total. The van der Waals surface area contributed by atoms with Gasteiger partial charge in [-0.2, -0.15) is 8.78 Å². The van der Waals surface area contributed by atoms with Gasteiger partial charge in [0.2, 0.25) is 0 Å². The molecule has 30 heavy (non-hydrogen) atoms. The number of halogens is 3. The van der Waals surface area contributed by atoms with Crippen molar-refractivity contribution in [2.45, 2.75) is 25.5 Å². The first-order chi connectivity index (χ1) is 14.3. The summed E-state index contributed by atoms with van der Waals surface area (Å²) in [5.41, 5.74) is 6.38. The Morgan fingerprint density at radius 3 is 2.57 bits per heavy atom. The van der Waals surface area contributed by atoms with Crippen LogP contribution in [0.2, 0.25) is 0 Å². The number of likely N-dealkylation sites (N-methyl/N-ethyl adjacent to an activating group) is 1. The molecule has 1 atom stereocenters. The van der Waals surface area contributed by atoms with Gasteiger partial charge in [0.05, 0.1) is 0 Å². The Morgan fingerprint density at radius 1 is 1.23 bits per heavy atom. The Hall–Kier alpha value is -3.47. The van der Waals surface area contributed by atoms with E-state index in [9.17, 15) is 18.0 Å². The lowest BCUT2D eigenvalue weighted by molar-refractivity contribution is -0.129. The zero-order valence-electron chi connectivity index (χ0n) is 16.5. The maximum absolute atomic E-state index is 13.3. The average Bonchev–Trinajstić information content (AvgIpc) is 2.97. The predicted molar refractivity (Wildman–Crippen MR) is 107 cm³/mol. The first kappa shape index (κ1) is 21.2. The quantitative estimate of drug-likeness (QED) is 0.763. The Labute approximate surface area is 172 Å². The molecule has 2 aromatic carbocycles. The summed E-state index contributed by atoms with van der Waals surface area (Å²) in [6, 6.07) is 11.2. The van der Waals surface area contributed by atoms with E-state index in [-0.39, 0.29) is 11.7 Å². The lowest BCUT2D eigenvalue weighted by Gasteiger charge is -2.27. The van der Waals surface area contributed by atoms with E-state index in [1.807, 2.05) is 0 Å². The molecule has 0 fully saturated rings. The van der Waals surface area contributed by atoms with E-state index in [1.165, 1.54) is 24.1 Å². The van der Waals surface area contributed by atoms with E-state index in [0.29, 0.717) is 28.7 Å². The van der Waals surface area contributed by atoms with Crippen molar-refractivity contribution in [2.75, 3.05) is 13.7 Å². The van der Waals surface area contributed by atoms with Crippen LogP contribution in [0.15, 0.2) is 47.5 Å². The number of rotatable bonds is 5. The van der Waals surface area contributed by atoms with Gasteiger partial charge in [-0.3, -0.25) is 9.69 Å². The lowest BCUT2D eigenvalue weighted by atomic mass is 9.81. The highest BCUT2D eigenvalue weighted by atomic mass is 19.3. The number of alkyl halides is 3. The second-order valence-corrected chi connectivity index (χ2v) is 6.62. The number of ether oxygens (including phenoxy) is 1. The second-order valence-electron chi connectivity index (χ2n) is 6.62. The molecule has 156 valence electrons. The van der Waals surface area contributed by atoms with Gasteiger partial charge in [0.15, 0.2) is 18.2 Å². The third-order valence-corrected chi connectivity index (χ3v) is 4.90. The monoisotopic (exact) mass is 415 g/mol. The highest BCUT2D eigenvalue weighted by molar-refractivity contribution is 6.09. The molecule has 0 radical (unpaired) electrons. The van der Waals surface area contributed by atoms with Gasteiger partial charge < -0.3 is 10.5 Å². The molecular formula is C22H20F3N3O2. The van der Waals surface area contributed by atoms with E-state index in [2.05, 4.69) is 21.6 Å². The molecule has 2 N–H and O–H groups in total. The molecule has 0 saturated carbocycles. The zero-order chi connectivity index (χ0) is 21.9. The molecule has 0 aliphatic carbocycles. The molecule has 0 spiro atoms. The Balaban J connectivity index is 2.22. The highest BCUT2D eigenvalue weighted by Crippen LogP contribution is 2.41. The fourth-order valence-corrected chi connectivity index (χ4v) is 3.43. The van der Waals surface area contributed by atoms with E-state index < -0.39 is 24.7 Å². The average molecular weight is 415 g/mol. The fraction of sp³-hybridized carbons (Fsp3) is 0.273. The molecule has 3 rings (SSSR count). The molecule has 0 bridgehead atoms. The molecule has 2 aromatic rings. The summed E-state index contributed by atoms with van der Waals surface area (Å²) < 4.78 is 42.5. The van der Waals surface area contributed by atoms with Crippen LogP contribution in [0.1, 0.15) is 29.2 Å². The SMILES string of the molecule is CCc1cc(C2(c3cccc(C#CCF)c3)N=C(N)N(C)C2=O)ccc1OC(F)F. The van der Waals surface area contributed by atoms with E-state index in [1.54, 1.807) is 37.3 Å². The highest BCUT2D eigenvalue weighted by Gasteiger charge is 2.49. The predicted octanol–water partition coefficient (Wildman–Crippen LogP) is 3.20. The van der Waals surface area contributed by atoms with Crippen LogP contribution in [0.25, 0.3) is 0 Å². The largest absolute Gasteiger partial charge is 0.435 e. The van der Waals surface area contributed by atoms with Crippen LogP contribution < -0.4 is 10.5 Å². The van der Waals surface area contributed by atoms with E-state index >= 15 is 0 Å². The maximum Gasteiger partial charge on any atom is 0.387 e. The summed E-state index contributed by atoms with van der Waals surface area (Å²) in [4.78, 5) is 19.0. The number of aryl methyl sites for hydroxylation is 1. The van der Waals surface area contributed by atoms with Crippen molar-refractivity contribution < 1.29 is 22.7 Å². The molecule has 0 saturated heterocycles. The Bertz CT molecular complexity index is 1060. The van der Waals surface area contributed by atoms with Crippen LogP contribution in [0.5, 0.6) is 5.75 Å². The molecule has 1 unspecified atom stereocenters. The number of amides is 1. The first-order valence-corrected chi connectivity index (χ1v) is 9.20. The maximum atomic E-state index is 13.3. The van der Waals surface area contributed by atoms with Gasteiger partial charge in [-0.1, -0.05) is 37.0 Å². The van der Waals surface area contributed by atoms with Crippen LogP contribution in [-0.4, -0.2) is 37.1 Å². The summed E-state index contributed by atoms with van der Waals surface area (Å²) >= 11 is 0. The van der Waals surface area contributed by atoms with Crippen molar-refractivity contribution in [1.29, 1.82) is 0 Å². The summed E-state index contributed by atoms with van der Waals surface area (Å²) in [7, 11) is 1.50. The number of benzene rings is 2. The molecule has 0 aromatic heterocycles. The minimum absolute atomic E-state index is 0.0196. The van der Waals surface area contributed by atoms with Crippen molar-refractivity contribution in [1.82, 2.24) is 4.90 Å². The zero-order valence-corrected chi connectivity index (χ0v) is 16.5. The third kappa shape index (κ3) is 3.71. The fourth-order valence-electron chi connectivity index (χ4n) is 3.43. The van der Waals surface area contributed by atoms with Crippen LogP contribution in [0, 0.1) is 11.8 Å². The summed E-state index contributed by atoms with van der Waals surface area (Å²) in [5.74, 6) is 4.68. The van der Waals surface area contributed by atoms with Crippen LogP contribution in [0.3, 0.4) is 0 Å². The molecule has 1 aliphatic heterocycles. The molecular weight excluding hydrogens is 395 g/mol.